The molecule has 0 aliphatic heterocycles. The molecule has 0 spiro atoms. The van der Waals surface area contributed by atoms with Crippen molar-refractivity contribution in [3.8, 4) is 0 Å². The van der Waals surface area contributed by atoms with Crippen LogP contribution in [0.2, 0.25) is 0 Å². The Kier molecular flexibility index (Phi) is 10.5. The van der Waals surface area contributed by atoms with E-state index in [1.165, 1.54) is 0 Å². The minimum absolute atomic E-state index is 0.0579. The first-order chi connectivity index (χ1) is 12.1. The molecule has 0 fully saturated rings. The predicted octanol–water partition coefficient (Wildman–Crippen LogP) is 4.33. The lowest BCUT2D eigenvalue weighted by Gasteiger charge is -2.20. The molecule has 2 atom stereocenters. The summed E-state index contributed by atoms with van der Waals surface area (Å²) in [5.74, 6) is -1.49. The minimum Gasteiger partial charge on any atom is -0.466 e. The number of benzene rings is 1. The van der Waals surface area contributed by atoms with Gasteiger partial charge in [0.15, 0.2) is 5.78 Å². The zero-order chi connectivity index (χ0) is 18.5. The van der Waals surface area contributed by atoms with Crippen LogP contribution in [0.15, 0.2) is 42.5 Å². The van der Waals surface area contributed by atoms with Crippen LogP contribution in [0.25, 0.3) is 0 Å². The molecule has 0 aliphatic rings. The topological polar surface area (TPSA) is 52.6 Å². The van der Waals surface area contributed by atoms with E-state index in [4.69, 9.17) is 9.47 Å². The number of rotatable bonds is 12. The Hall–Kier alpha value is -1.94. The highest BCUT2D eigenvalue weighted by atomic mass is 16.5. The molecule has 0 saturated carbocycles. The quantitative estimate of drug-likeness (QED) is 0.321. The number of unbranched alkanes of at least 4 members (excludes halogenated alkanes) is 2. The van der Waals surface area contributed by atoms with Gasteiger partial charge in [-0.2, -0.15) is 0 Å². The van der Waals surface area contributed by atoms with Crippen molar-refractivity contribution in [3.05, 3.63) is 48.0 Å². The third-order valence-electron chi connectivity index (χ3n) is 4.06. The summed E-state index contributed by atoms with van der Waals surface area (Å²) in [6.07, 6.45) is 6.50. The second-order valence-corrected chi connectivity index (χ2v) is 6.09. The maximum atomic E-state index is 12.3. The van der Waals surface area contributed by atoms with Gasteiger partial charge in [-0.1, -0.05) is 63.1 Å². The Morgan fingerprint density at radius 3 is 2.52 bits per heavy atom. The van der Waals surface area contributed by atoms with Gasteiger partial charge in [-0.3, -0.25) is 9.59 Å². The highest BCUT2D eigenvalue weighted by Gasteiger charge is 2.30. The smallest absolute Gasteiger partial charge is 0.312 e. The number of esters is 1. The van der Waals surface area contributed by atoms with E-state index in [9.17, 15) is 9.59 Å². The molecule has 0 bridgehead atoms. The van der Waals surface area contributed by atoms with Crippen LogP contribution in [-0.2, 0) is 25.7 Å². The summed E-state index contributed by atoms with van der Waals surface area (Å²) >= 11 is 0. The lowest BCUT2D eigenvalue weighted by molar-refractivity contribution is -0.154. The highest BCUT2D eigenvalue weighted by Crippen LogP contribution is 2.17. The third-order valence-corrected chi connectivity index (χ3v) is 4.06. The second-order valence-electron chi connectivity index (χ2n) is 6.09. The van der Waals surface area contributed by atoms with Crippen molar-refractivity contribution in [1.29, 1.82) is 0 Å². The van der Waals surface area contributed by atoms with Crippen molar-refractivity contribution in [1.82, 2.24) is 0 Å². The fourth-order valence-electron chi connectivity index (χ4n) is 2.42. The van der Waals surface area contributed by atoms with Crippen molar-refractivity contribution >= 4 is 11.8 Å². The van der Waals surface area contributed by atoms with E-state index in [-0.39, 0.29) is 18.4 Å². The maximum Gasteiger partial charge on any atom is 0.312 e. The number of allylic oxidation sites excluding steroid dienone is 2. The molecule has 4 heteroatoms. The van der Waals surface area contributed by atoms with Crippen LogP contribution in [-0.4, -0.2) is 25.0 Å². The molecule has 1 aromatic rings. The van der Waals surface area contributed by atoms with Gasteiger partial charge in [0.1, 0.15) is 0 Å². The summed E-state index contributed by atoms with van der Waals surface area (Å²) in [6.45, 7) is 6.50. The summed E-state index contributed by atoms with van der Waals surface area (Å²) < 4.78 is 10.8. The van der Waals surface area contributed by atoms with E-state index < -0.39 is 11.8 Å². The second kappa shape index (κ2) is 12.4. The Balaban J connectivity index is 2.63. The Morgan fingerprint density at radius 2 is 1.88 bits per heavy atom. The summed E-state index contributed by atoms with van der Waals surface area (Å²) in [6, 6.07) is 9.74. The van der Waals surface area contributed by atoms with Crippen molar-refractivity contribution in [2.24, 2.45) is 11.8 Å². The van der Waals surface area contributed by atoms with Crippen LogP contribution < -0.4 is 0 Å². The zero-order valence-electron chi connectivity index (χ0n) is 15.6. The fraction of sp³-hybridized carbons (Fsp3) is 0.524. The first kappa shape index (κ1) is 21.1. The Morgan fingerprint density at radius 1 is 1.16 bits per heavy atom. The van der Waals surface area contributed by atoms with Gasteiger partial charge in [-0.05, 0) is 25.0 Å². The first-order valence-electron chi connectivity index (χ1n) is 9.08. The lowest BCUT2D eigenvalue weighted by atomic mass is 9.90. The van der Waals surface area contributed by atoms with E-state index in [2.05, 4.69) is 6.92 Å². The van der Waals surface area contributed by atoms with Gasteiger partial charge in [0.2, 0.25) is 0 Å². The molecular formula is C21H30O4. The van der Waals surface area contributed by atoms with E-state index in [1.807, 2.05) is 36.4 Å². The molecule has 1 aromatic carbocycles. The van der Waals surface area contributed by atoms with Crippen LogP contribution in [0.4, 0.5) is 0 Å². The maximum absolute atomic E-state index is 12.3. The van der Waals surface area contributed by atoms with Crippen LogP contribution in [0, 0.1) is 11.8 Å². The molecule has 0 amide bonds. The molecule has 1 rings (SSSR count). The molecule has 138 valence electrons. The number of ketones is 1. The van der Waals surface area contributed by atoms with Crippen LogP contribution in [0.1, 0.15) is 45.6 Å². The van der Waals surface area contributed by atoms with Crippen molar-refractivity contribution in [2.75, 3.05) is 13.2 Å². The normalized spacial score (nSPS) is 13.6. The lowest BCUT2D eigenvalue weighted by Crippen LogP contribution is -2.32. The molecule has 0 aromatic heterocycles. The van der Waals surface area contributed by atoms with Gasteiger partial charge in [-0.25, -0.2) is 0 Å². The highest BCUT2D eigenvalue weighted by molar-refractivity contribution is 5.94. The Bertz CT molecular complexity index is 536. The summed E-state index contributed by atoms with van der Waals surface area (Å²) in [7, 11) is 0. The molecule has 2 unspecified atom stereocenters. The number of carbonyl (C=O) groups excluding carboxylic acids is 2. The molecule has 0 heterocycles. The van der Waals surface area contributed by atoms with Gasteiger partial charge >= 0.3 is 5.97 Å². The third kappa shape index (κ3) is 8.12. The zero-order valence-corrected chi connectivity index (χ0v) is 15.6. The van der Waals surface area contributed by atoms with E-state index >= 15 is 0 Å². The van der Waals surface area contributed by atoms with Crippen molar-refractivity contribution in [3.63, 3.8) is 0 Å². The largest absolute Gasteiger partial charge is 0.466 e. The van der Waals surface area contributed by atoms with Gasteiger partial charge in [0.05, 0.1) is 25.7 Å². The van der Waals surface area contributed by atoms with Crippen LogP contribution in [0.3, 0.4) is 0 Å². The molecule has 4 nitrogen and oxygen atoms in total. The molecule has 0 radical (unpaired) electrons. The van der Waals surface area contributed by atoms with E-state index in [0.717, 1.165) is 24.8 Å². The molecule has 0 N–H and O–H groups in total. The molecule has 25 heavy (non-hydrogen) atoms. The van der Waals surface area contributed by atoms with Crippen LogP contribution in [0.5, 0.6) is 0 Å². The van der Waals surface area contributed by atoms with Crippen molar-refractivity contribution in [2.45, 2.75) is 46.6 Å². The molecule has 0 aliphatic carbocycles. The number of carbonyl (C=O) groups is 2. The van der Waals surface area contributed by atoms with E-state index in [1.54, 1.807) is 19.9 Å². The van der Waals surface area contributed by atoms with Gasteiger partial charge in [0, 0.05) is 5.92 Å². The van der Waals surface area contributed by atoms with Crippen LogP contribution >= 0.6 is 0 Å². The summed E-state index contributed by atoms with van der Waals surface area (Å²) in [4.78, 5) is 24.6. The standard InChI is InChI=1S/C21H30O4/c1-4-6-7-11-14-20(22)17(3)19(21(23)25-5-2)16-24-15-18-12-9-8-10-13-18/h8-14,17,19H,4-7,15-16H2,1-3H3/b14-11+. The monoisotopic (exact) mass is 346 g/mol. The number of hydrogen-bond acceptors (Lipinski definition) is 4. The van der Waals surface area contributed by atoms with Gasteiger partial charge in [0.25, 0.3) is 0 Å². The van der Waals surface area contributed by atoms with Crippen molar-refractivity contribution < 1.29 is 19.1 Å². The number of ether oxygens (including phenoxy) is 2. The first-order valence-corrected chi connectivity index (χ1v) is 9.08. The average Bonchev–Trinajstić information content (AvgIpc) is 2.62. The minimum atomic E-state index is -0.591. The predicted molar refractivity (Wildman–Crippen MR) is 99.1 cm³/mol. The summed E-state index contributed by atoms with van der Waals surface area (Å²) in [5, 5.41) is 0. The fourth-order valence-corrected chi connectivity index (χ4v) is 2.42. The SMILES string of the molecule is CCCC/C=C/C(=O)C(C)C(COCc1ccccc1)C(=O)OCC. The average molecular weight is 346 g/mol. The van der Waals surface area contributed by atoms with Gasteiger partial charge in [-0.15, -0.1) is 0 Å². The molecular weight excluding hydrogens is 316 g/mol. The Labute approximate surface area is 151 Å². The summed E-state index contributed by atoms with van der Waals surface area (Å²) in [5.41, 5.74) is 1.03. The van der Waals surface area contributed by atoms with E-state index in [0.29, 0.717) is 13.2 Å². The van der Waals surface area contributed by atoms with Gasteiger partial charge < -0.3 is 9.47 Å². The number of hydrogen-bond donors (Lipinski definition) is 0. The molecule has 0 saturated heterocycles.